The highest BCUT2D eigenvalue weighted by Crippen LogP contribution is 2.22. The summed E-state index contributed by atoms with van der Waals surface area (Å²) < 4.78 is 1.71. The van der Waals surface area contributed by atoms with Crippen LogP contribution in [-0.4, -0.2) is 25.7 Å². The van der Waals surface area contributed by atoms with Gasteiger partial charge in [0.15, 0.2) is 0 Å². The molecule has 3 N–H and O–H groups in total. The van der Waals surface area contributed by atoms with Crippen molar-refractivity contribution >= 4 is 34.9 Å². The van der Waals surface area contributed by atoms with E-state index in [-0.39, 0.29) is 5.91 Å². The second-order valence-corrected chi connectivity index (χ2v) is 5.57. The Kier molecular flexibility index (Phi) is 4.60. The van der Waals surface area contributed by atoms with Crippen molar-refractivity contribution in [2.75, 3.05) is 16.0 Å². The molecule has 1 amide bonds. The van der Waals surface area contributed by atoms with E-state index in [0.717, 1.165) is 22.8 Å². The third kappa shape index (κ3) is 4.11. The lowest BCUT2D eigenvalue weighted by molar-refractivity contribution is -0.114. The standard InChI is InChI=1S/C17H19N7O/c1-11-10-18-17(22-15-8-9-19-24(15)3)23-16(11)21-14-6-4-13(5-7-14)20-12(2)25/h4-10H,1-3H3,(H,20,25)(H2,18,21,22,23). The highest BCUT2D eigenvalue weighted by molar-refractivity contribution is 5.88. The molecule has 2 heterocycles. The molecule has 0 aliphatic carbocycles. The van der Waals surface area contributed by atoms with E-state index in [1.807, 2.05) is 44.3 Å². The van der Waals surface area contributed by atoms with Crippen LogP contribution in [0.5, 0.6) is 0 Å². The second-order valence-electron chi connectivity index (χ2n) is 5.57. The molecular formula is C17H19N7O. The number of nitrogens with zero attached hydrogens (tertiary/aromatic N) is 4. The van der Waals surface area contributed by atoms with Gasteiger partial charge < -0.3 is 16.0 Å². The van der Waals surface area contributed by atoms with Crippen LogP contribution >= 0.6 is 0 Å². The maximum absolute atomic E-state index is 11.1. The number of aromatic nitrogens is 4. The van der Waals surface area contributed by atoms with E-state index in [1.165, 1.54) is 6.92 Å². The van der Waals surface area contributed by atoms with Crippen LogP contribution in [0.4, 0.5) is 29.0 Å². The van der Waals surface area contributed by atoms with Gasteiger partial charge in [-0.15, -0.1) is 0 Å². The summed E-state index contributed by atoms with van der Waals surface area (Å²) in [5.74, 6) is 1.88. The highest BCUT2D eigenvalue weighted by atomic mass is 16.1. The van der Waals surface area contributed by atoms with Gasteiger partial charge in [0.2, 0.25) is 11.9 Å². The second kappa shape index (κ2) is 7.00. The Bertz CT molecular complexity index is 886. The van der Waals surface area contributed by atoms with Crippen molar-refractivity contribution in [1.29, 1.82) is 0 Å². The van der Waals surface area contributed by atoms with Crippen LogP contribution in [0.1, 0.15) is 12.5 Å². The molecule has 0 aliphatic rings. The Hall–Kier alpha value is -3.42. The molecule has 0 saturated carbocycles. The fourth-order valence-electron chi connectivity index (χ4n) is 2.22. The number of hydrogen-bond donors (Lipinski definition) is 3. The van der Waals surface area contributed by atoms with Crippen molar-refractivity contribution in [2.45, 2.75) is 13.8 Å². The largest absolute Gasteiger partial charge is 0.340 e. The van der Waals surface area contributed by atoms with Crippen molar-refractivity contribution in [3.8, 4) is 0 Å². The number of rotatable bonds is 5. The van der Waals surface area contributed by atoms with Gasteiger partial charge in [-0.2, -0.15) is 10.1 Å². The number of amides is 1. The monoisotopic (exact) mass is 337 g/mol. The van der Waals surface area contributed by atoms with Gasteiger partial charge in [0.1, 0.15) is 11.6 Å². The van der Waals surface area contributed by atoms with Gasteiger partial charge in [0.05, 0.1) is 6.20 Å². The normalized spacial score (nSPS) is 10.4. The van der Waals surface area contributed by atoms with Gasteiger partial charge in [-0.1, -0.05) is 0 Å². The number of anilines is 5. The van der Waals surface area contributed by atoms with E-state index in [2.05, 4.69) is 31.0 Å². The number of hydrogen-bond acceptors (Lipinski definition) is 6. The summed E-state index contributed by atoms with van der Waals surface area (Å²) in [6.45, 7) is 3.41. The van der Waals surface area contributed by atoms with Crippen molar-refractivity contribution in [3.63, 3.8) is 0 Å². The van der Waals surface area contributed by atoms with Crippen LogP contribution in [0.15, 0.2) is 42.7 Å². The lowest BCUT2D eigenvalue weighted by Crippen LogP contribution is -2.06. The number of benzene rings is 1. The summed E-state index contributed by atoms with van der Waals surface area (Å²) in [4.78, 5) is 19.9. The molecule has 1 aromatic carbocycles. The van der Waals surface area contributed by atoms with E-state index in [0.29, 0.717) is 11.8 Å². The molecule has 2 aromatic heterocycles. The first kappa shape index (κ1) is 16.4. The average Bonchev–Trinajstić information content (AvgIpc) is 2.97. The minimum absolute atomic E-state index is 0.0989. The van der Waals surface area contributed by atoms with Crippen LogP contribution in [0.2, 0.25) is 0 Å². The predicted octanol–water partition coefficient (Wildman–Crippen LogP) is 2.96. The molecule has 0 saturated heterocycles. The Labute approximate surface area is 145 Å². The van der Waals surface area contributed by atoms with Crippen molar-refractivity contribution in [2.24, 2.45) is 7.05 Å². The summed E-state index contributed by atoms with van der Waals surface area (Å²) in [6, 6.07) is 9.25. The first-order valence-corrected chi connectivity index (χ1v) is 7.74. The number of nitrogens with one attached hydrogen (secondary N) is 3. The van der Waals surface area contributed by atoms with E-state index >= 15 is 0 Å². The Morgan fingerprint density at radius 1 is 1.08 bits per heavy atom. The molecule has 3 rings (SSSR count). The molecule has 8 heteroatoms. The van der Waals surface area contributed by atoms with Crippen molar-refractivity contribution < 1.29 is 4.79 Å². The Balaban J connectivity index is 1.76. The molecule has 0 atom stereocenters. The Morgan fingerprint density at radius 2 is 1.80 bits per heavy atom. The van der Waals surface area contributed by atoms with Gasteiger partial charge in [0.25, 0.3) is 0 Å². The van der Waals surface area contributed by atoms with E-state index < -0.39 is 0 Å². The summed E-state index contributed by atoms with van der Waals surface area (Å²) in [5, 5.41) is 13.2. The van der Waals surface area contributed by atoms with Crippen LogP contribution in [0.25, 0.3) is 0 Å². The summed E-state index contributed by atoms with van der Waals surface area (Å²) >= 11 is 0. The number of aryl methyl sites for hydroxylation is 2. The number of carbonyl (C=O) groups excluding carboxylic acids is 1. The molecule has 128 valence electrons. The fourth-order valence-corrected chi connectivity index (χ4v) is 2.22. The molecule has 0 aliphatic heterocycles. The van der Waals surface area contributed by atoms with Crippen LogP contribution in [0, 0.1) is 6.92 Å². The average molecular weight is 337 g/mol. The summed E-state index contributed by atoms with van der Waals surface area (Å²) in [7, 11) is 1.84. The molecular weight excluding hydrogens is 318 g/mol. The zero-order valence-corrected chi connectivity index (χ0v) is 14.2. The van der Waals surface area contributed by atoms with Gasteiger partial charge in [0, 0.05) is 43.2 Å². The van der Waals surface area contributed by atoms with E-state index in [1.54, 1.807) is 17.1 Å². The topological polar surface area (TPSA) is 96.8 Å². The van der Waals surface area contributed by atoms with Gasteiger partial charge in [-0.25, -0.2) is 4.98 Å². The molecule has 8 nitrogen and oxygen atoms in total. The van der Waals surface area contributed by atoms with Gasteiger partial charge >= 0.3 is 0 Å². The summed E-state index contributed by atoms with van der Waals surface area (Å²) in [5.41, 5.74) is 2.53. The predicted molar refractivity (Wildman–Crippen MR) is 97.3 cm³/mol. The highest BCUT2D eigenvalue weighted by Gasteiger charge is 2.07. The molecule has 0 radical (unpaired) electrons. The number of carbonyl (C=O) groups is 1. The van der Waals surface area contributed by atoms with E-state index in [4.69, 9.17) is 0 Å². The maximum atomic E-state index is 11.1. The minimum Gasteiger partial charge on any atom is -0.340 e. The van der Waals surface area contributed by atoms with Crippen LogP contribution in [-0.2, 0) is 11.8 Å². The quantitative estimate of drug-likeness (QED) is 0.662. The zero-order chi connectivity index (χ0) is 17.8. The van der Waals surface area contributed by atoms with E-state index in [9.17, 15) is 4.79 Å². The van der Waals surface area contributed by atoms with Gasteiger partial charge in [-0.3, -0.25) is 9.48 Å². The zero-order valence-electron chi connectivity index (χ0n) is 14.2. The first-order valence-electron chi connectivity index (χ1n) is 7.74. The fraction of sp³-hybridized carbons (Fsp3) is 0.176. The van der Waals surface area contributed by atoms with Crippen LogP contribution in [0.3, 0.4) is 0 Å². The molecule has 3 aromatic rings. The lowest BCUT2D eigenvalue weighted by atomic mass is 10.2. The lowest BCUT2D eigenvalue weighted by Gasteiger charge is -2.11. The Morgan fingerprint density at radius 3 is 2.44 bits per heavy atom. The molecule has 0 unspecified atom stereocenters. The summed E-state index contributed by atoms with van der Waals surface area (Å²) in [6.07, 6.45) is 3.45. The van der Waals surface area contributed by atoms with Crippen molar-refractivity contribution in [1.82, 2.24) is 19.7 Å². The third-order valence-electron chi connectivity index (χ3n) is 3.50. The smallest absolute Gasteiger partial charge is 0.230 e. The first-order chi connectivity index (χ1) is 12.0. The molecule has 25 heavy (non-hydrogen) atoms. The third-order valence-corrected chi connectivity index (χ3v) is 3.50. The molecule has 0 spiro atoms. The SMILES string of the molecule is CC(=O)Nc1ccc(Nc2nc(Nc3ccnn3C)ncc2C)cc1. The van der Waals surface area contributed by atoms with Crippen LogP contribution < -0.4 is 16.0 Å². The maximum Gasteiger partial charge on any atom is 0.230 e. The molecule has 0 bridgehead atoms. The molecule has 0 fully saturated rings. The minimum atomic E-state index is -0.0989. The van der Waals surface area contributed by atoms with Gasteiger partial charge in [-0.05, 0) is 31.2 Å². The van der Waals surface area contributed by atoms with Crippen molar-refractivity contribution in [3.05, 3.63) is 48.3 Å².